The number of benzene rings is 1. The Morgan fingerprint density at radius 3 is 2.33 bits per heavy atom. The Bertz CT molecular complexity index is 453. The van der Waals surface area contributed by atoms with Gasteiger partial charge in [-0.2, -0.15) is 0 Å². The Hall–Kier alpha value is 0.787. The zero-order valence-corrected chi connectivity index (χ0v) is 13.4. The van der Waals surface area contributed by atoms with Crippen LogP contribution in [-0.4, -0.2) is 11.2 Å². The van der Waals surface area contributed by atoms with Gasteiger partial charge in [0.2, 0.25) is 0 Å². The van der Waals surface area contributed by atoms with Gasteiger partial charge in [0.15, 0.2) is 5.52 Å². The van der Waals surface area contributed by atoms with E-state index in [1.165, 1.54) is 12.8 Å². The van der Waals surface area contributed by atoms with Gasteiger partial charge in [0.25, 0.3) is 0 Å². The molecule has 0 radical (unpaired) electrons. The monoisotopic (exact) mass is 316 g/mol. The zero-order chi connectivity index (χ0) is 12.4. The SMILES string of the molecule is O=C(PC1CCCC1)c1c(Cl)ccc(Cl)c1Cl.[H-].[Li+]. The van der Waals surface area contributed by atoms with Crippen LogP contribution in [0.2, 0.25) is 15.1 Å². The van der Waals surface area contributed by atoms with Gasteiger partial charge < -0.3 is 1.43 Å². The van der Waals surface area contributed by atoms with E-state index in [2.05, 4.69) is 0 Å². The number of carbonyl (C=O) groups is 1. The normalized spacial score (nSPS) is 16.2. The van der Waals surface area contributed by atoms with Crippen molar-refractivity contribution >= 4 is 48.9 Å². The fourth-order valence-corrected chi connectivity index (χ4v) is 4.39. The molecular formula is C12H13Cl3LiOP. The van der Waals surface area contributed by atoms with E-state index in [9.17, 15) is 4.79 Å². The van der Waals surface area contributed by atoms with Gasteiger partial charge in [-0.25, -0.2) is 0 Å². The van der Waals surface area contributed by atoms with Crippen LogP contribution >= 0.6 is 43.4 Å². The average molecular weight is 318 g/mol. The molecule has 1 aromatic carbocycles. The van der Waals surface area contributed by atoms with E-state index >= 15 is 0 Å². The van der Waals surface area contributed by atoms with Crippen LogP contribution in [0, 0.1) is 0 Å². The number of hydrogen-bond donors (Lipinski definition) is 0. The quantitative estimate of drug-likeness (QED) is 0.476. The van der Waals surface area contributed by atoms with Crippen molar-refractivity contribution in [3.05, 3.63) is 32.8 Å². The number of hydrogen-bond acceptors (Lipinski definition) is 1. The molecule has 1 saturated carbocycles. The second-order valence-corrected chi connectivity index (χ2v) is 6.92. The van der Waals surface area contributed by atoms with Gasteiger partial charge in [-0.05, 0) is 39.2 Å². The molecule has 1 aliphatic rings. The van der Waals surface area contributed by atoms with Crippen molar-refractivity contribution in [3.63, 3.8) is 0 Å². The molecule has 1 nitrogen and oxygen atoms in total. The van der Waals surface area contributed by atoms with Gasteiger partial charge in [0, 0.05) is 0 Å². The van der Waals surface area contributed by atoms with Crippen molar-refractivity contribution in [2.75, 3.05) is 0 Å². The summed E-state index contributed by atoms with van der Waals surface area (Å²) in [6.07, 6.45) is 4.73. The van der Waals surface area contributed by atoms with Gasteiger partial charge in [-0.1, -0.05) is 47.6 Å². The molecule has 1 aliphatic carbocycles. The summed E-state index contributed by atoms with van der Waals surface area (Å²) in [5, 5.41) is 1.07. The number of carbonyl (C=O) groups excluding carboxylic acids is 1. The Kier molecular flexibility index (Phi) is 7.05. The minimum absolute atomic E-state index is 0. The fourth-order valence-electron chi connectivity index (χ4n) is 2.06. The molecule has 0 saturated heterocycles. The first-order valence-corrected chi connectivity index (χ1v) is 7.75. The van der Waals surface area contributed by atoms with E-state index in [4.69, 9.17) is 34.8 Å². The summed E-state index contributed by atoms with van der Waals surface area (Å²) in [6.45, 7) is 0. The minimum Gasteiger partial charge on any atom is -1.00 e. The van der Waals surface area contributed by atoms with Crippen molar-refractivity contribution in [1.29, 1.82) is 0 Å². The molecule has 2 rings (SSSR count). The molecule has 0 amide bonds. The van der Waals surface area contributed by atoms with Crippen LogP contribution in [0.1, 0.15) is 37.5 Å². The molecule has 1 fully saturated rings. The maximum Gasteiger partial charge on any atom is 1.00 e. The van der Waals surface area contributed by atoms with E-state index in [1.54, 1.807) is 12.1 Å². The molecule has 0 bridgehead atoms. The summed E-state index contributed by atoms with van der Waals surface area (Å²) in [5.41, 5.74) is 0.939. The maximum absolute atomic E-state index is 12.2. The summed E-state index contributed by atoms with van der Waals surface area (Å²) in [4.78, 5) is 12.2. The van der Waals surface area contributed by atoms with Crippen molar-refractivity contribution in [2.45, 2.75) is 31.3 Å². The van der Waals surface area contributed by atoms with Crippen molar-refractivity contribution in [2.24, 2.45) is 0 Å². The van der Waals surface area contributed by atoms with Gasteiger partial charge in [0.05, 0.1) is 20.6 Å². The molecule has 0 aliphatic heterocycles. The Morgan fingerprint density at radius 2 is 1.72 bits per heavy atom. The summed E-state index contributed by atoms with van der Waals surface area (Å²) < 4.78 is 0. The smallest absolute Gasteiger partial charge is 1.00 e. The molecule has 6 heteroatoms. The van der Waals surface area contributed by atoms with E-state index < -0.39 is 0 Å². The third-order valence-corrected chi connectivity index (χ3v) is 5.58. The molecular weight excluding hydrogens is 304 g/mol. The number of rotatable bonds is 3. The van der Waals surface area contributed by atoms with Gasteiger partial charge in [-0.3, -0.25) is 4.79 Å². The third kappa shape index (κ3) is 3.89. The van der Waals surface area contributed by atoms with Gasteiger partial charge in [0.1, 0.15) is 0 Å². The second kappa shape index (κ2) is 7.54. The van der Waals surface area contributed by atoms with Crippen LogP contribution in [0.25, 0.3) is 0 Å². The van der Waals surface area contributed by atoms with E-state index in [-0.39, 0.29) is 39.4 Å². The molecule has 94 valence electrons. The van der Waals surface area contributed by atoms with E-state index in [0.29, 0.717) is 21.3 Å². The Morgan fingerprint density at radius 1 is 1.17 bits per heavy atom. The minimum atomic E-state index is 0. The van der Waals surface area contributed by atoms with Crippen molar-refractivity contribution in [3.8, 4) is 0 Å². The third-order valence-electron chi connectivity index (χ3n) is 2.96. The Balaban J connectivity index is 0.00000162. The first-order valence-electron chi connectivity index (χ1n) is 5.54. The second-order valence-electron chi connectivity index (χ2n) is 4.17. The topological polar surface area (TPSA) is 17.1 Å². The molecule has 0 N–H and O–H groups in total. The predicted molar refractivity (Wildman–Crippen MR) is 77.5 cm³/mol. The van der Waals surface area contributed by atoms with Crippen LogP contribution in [0.3, 0.4) is 0 Å². The summed E-state index contributed by atoms with van der Waals surface area (Å²) >= 11 is 18.0. The summed E-state index contributed by atoms with van der Waals surface area (Å²) in [7, 11) is 0.260. The van der Waals surface area contributed by atoms with Crippen molar-refractivity contribution < 1.29 is 25.1 Å². The van der Waals surface area contributed by atoms with Gasteiger partial charge >= 0.3 is 18.9 Å². The van der Waals surface area contributed by atoms with Gasteiger partial charge in [-0.15, -0.1) is 0 Å². The van der Waals surface area contributed by atoms with Crippen LogP contribution in [-0.2, 0) is 0 Å². The average Bonchev–Trinajstić information content (AvgIpc) is 2.77. The van der Waals surface area contributed by atoms with Crippen LogP contribution in [0.5, 0.6) is 0 Å². The van der Waals surface area contributed by atoms with E-state index in [0.717, 1.165) is 12.8 Å². The Labute approximate surface area is 137 Å². The molecule has 0 aromatic heterocycles. The molecule has 1 unspecified atom stereocenters. The van der Waals surface area contributed by atoms with Crippen molar-refractivity contribution in [1.82, 2.24) is 0 Å². The first kappa shape index (κ1) is 16.8. The van der Waals surface area contributed by atoms with Crippen LogP contribution in [0.15, 0.2) is 12.1 Å². The van der Waals surface area contributed by atoms with E-state index in [1.807, 2.05) is 0 Å². The predicted octanol–water partition coefficient (Wildman–Crippen LogP) is 2.52. The number of halogens is 3. The standard InChI is InChI=1S/C12H12Cl3OP.Li.H/c13-8-5-6-9(14)11(15)10(8)12(16)17-7-3-1-2-4-7;;/h5-7,17H,1-4H2;;/q;+1;-1. The largest absolute Gasteiger partial charge is 1.00 e. The van der Waals surface area contributed by atoms with Crippen LogP contribution in [0.4, 0.5) is 0 Å². The molecule has 0 heterocycles. The molecule has 0 spiro atoms. The summed E-state index contributed by atoms with van der Waals surface area (Å²) in [5.74, 6) is 0. The van der Waals surface area contributed by atoms with Crippen LogP contribution < -0.4 is 18.9 Å². The first-order chi connectivity index (χ1) is 8.09. The summed E-state index contributed by atoms with van der Waals surface area (Å²) in [6, 6.07) is 3.24. The molecule has 18 heavy (non-hydrogen) atoms. The molecule has 1 atom stereocenters. The maximum atomic E-state index is 12.2. The zero-order valence-electron chi connectivity index (χ0n) is 11.1. The fraction of sp³-hybridized carbons (Fsp3) is 0.417. The molecule has 1 aromatic rings.